The number of carboxylic acids is 1. The zero-order valence-corrected chi connectivity index (χ0v) is 13.7. The van der Waals surface area contributed by atoms with Gasteiger partial charge in [0.2, 0.25) is 0 Å². The predicted molar refractivity (Wildman–Crippen MR) is 74.0 cm³/mol. The quantitative estimate of drug-likeness (QED) is 0.676. The molecule has 0 saturated heterocycles. The van der Waals surface area contributed by atoms with Crippen LogP contribution >= 0.6 is 0 Å². The van der Waals surface area contributed by atoms with Crippen molar-refractivity contribution < 1.29 is 38.3 Å². The van der Waals surface area contributed by atoms with E-state index in [1.807, 2.05) is 0 Å². The van der Waals surface area contributed by atoms with Crippen LogP contribution in [0.15, 0.2) is 0 Å². The number of carbonyl (C=O) groups is 2. The summed E-state index contributed by atoms with van der Waals surface area (Å²) in [5.74, 6) is -1.28. The number of nitrogens with one attached hydrogen (secondary N) is 1. The smallest absolute Gasteiger partial charge is 0.548 e. The Balaban J connectivity index is 0.00000400. The van der Waals surface area contributed by atoms with E-state index in [2.05, 4.69) is 5.32 Å². The summed E-state index contributed by atoms with van der Waals surface area (Å²) in [6.45, 7) is 5.24. The van der Waals surface area contributed by atoms with E-state index >= 15 is 0 Å². The fourth-order valence-electron chi connectivity index (χ4n) is 2.62. The summed E-state index contributed by atoms with van der Waals surface area (Å²) in [7, 11) is 0. The van der Waals surface area contributed by atoms with Gasteiger partial charge in [0.25, 0.3) is 0 Å². The largest absolute Gasteiger partial charge is 1.00 e. The van der Waals surface area contributed by atoms with Gasteiger partial charge < -0.3 is 20.0 Å². The Kier molecular flexibility index (Phi) is 9.08. The number of hydrogen-bond acceptors (Lipinski definition) is 4. The molecule has 0 heterocycles. The topological polar surface area (TPSA) is 78.5 Å². The van der Waals surface area contributed by atoms with Crippen LogP contribution in [0.5, 0.6) is 0 Å². The number of carboxylic acid groups (broad SMARTS) is 1. The molecule has 1 unspecified atom stereocenters. The van der Waals surface area contributed by atoms with Crippen molar-refractivity contribution in [2.45, 2.75) is 77.4 Å². The van der Waals surface area contributed by atoms with Gasteiger partial charge in [-0.25, -0.2) is 4.79 Å². The molecule has 1 amide bonds. The SMILES string of the molecule is CC(C)(C)OC(=O)NC(C(=O)[O-])C1CCCCCCC1.[Li+]. The van der Waals surface area contributed by atoms with Crippen molar-refractivity contribution in [1.29, 1.82) is 0 Å². The van der Waals surface area contributed by atoms with Crippen molar-refractivity contribution in [3.63, 3.8) is 0 Å². The first-order valence-corrected chi connectivity index (χ1v) is 7.50. The minimum Gasteiger partial charge on any atom is -0.548 e. The first-order valence-electron chi connectivity index (χ1n) is 7.50. The zero-order valence-electron chi connectivity index (χ0n) is 13.7. The Morgan fingerprint density at radius 3 is 2.00 bits per heavy atom. The average Bonchev–Trinajstić information content (AvgIpc) is 2.23. The molecule has 1 aliphatic carbocycles. The standard InChI is InChI=1S/C15H27NO4.Li/c1-15(2,3)20-14(19)16-12(13(17)18)11-9-7-5-4-6-8-10-11;/h11-12H,4-10H2,1-3H3,(H,16,19)(H,17,18);/q;+1/p-1. The molecular formula is C15H26LiNO4. The molecule has 1 saturated carbocycles. The normalized spacial score (nSPS) is 18.6. The molecule has 0 aromatic rings. The van der Waals surface area contributed by atoms with Crippen LogP contribution in [0.25, 0.3) is 0 Å². The first kappa shape index (κ1) is 20.3. The number of aliphatic carboxylic acids is 1. The van der Waals surface area contributed by atoms with Crippen LogP contribution in [0.1, 0.15) is 65.7 Å². The van der Waals surface area contributed by atoms with Crippen molar-refractivity contribution in [2.24, 2.45) is 5.92 Å². The van der Waals surface area contributed by atoms with Gasteiger partial charge in [0.05, 0.1) is 12.0 Å². The van der Waals surface area contributed by atoms with Gasteiger partial charge in [0.15, 0.2) is 0 Å². The van der Waals surface area contributed by atoms with Crippen molar-refractivity contribution >= 4 is 12.1 Å². The van der Waals surface area contributed by atoms with Gasteiger partial charge in [-0.3, -0.25) is 0 Å². The third kappa shape index (κ3) is 8.38. The van der Waals surface area contributed by atoms with E-state index in [0.717, 1.165) is 38.5 Å². The Labute approximate surface area is 139 Å². The predicted octanol–water partition coefficient (Wildman–Crippen LogP) is -1.01. The Morgan fingerprint density at radius 1 is 1.10 bits per heavy atom. The molecule has 1 fully saturated rings. The number of rotatable bonds is 3. The zero-order chi connectivity index (χ0) is 15.2. The van der Waals surface area contributed by atoms with E-state index in [1.165, 1.54) is 6.42 Å². The van der Waals surface area contributed by atoms with E-state index in [-0.39, 0.29) is 24.8 Å². The molecule has 6 heteroatoms. The molecule has 1 atom stereocenters. The van der Waals surface area contributed by atoms with Gasteiger partial charge in [-0.15, -0.1) is 0 Å². The second kappa shape index (κ2) is 9.37. The number of alkyl carbamates (subject to hydrolysis) is 1. The summed E-state index contributed by atoms with van der Waals surface area (Å²) < 4.78 is 5.12. The van der Waals surface area contributed by atoms with E-state index < -0.39 is 23.7 Å². The Morgan fingerprint density at radius 2 is 1.57 bits per heavy atom. The summed E-state index contributed by atoms with van der Waals surface area (Å²) in [6.07, 6.45) is 6.42. The van der Waals surface area contributed by atoms with E-state index in [1.54, 1.807) is 20.8 Å². The molecule has 0 aromatic carbocycles. The Bertz CT molecular complexity index is 333. The molecule has 5 nitrogen and oxygen atoms in total. The summed E-state index contributed by atoms with van der Waals surface area (Å²) in [5.41, 5.74) is -0.637. The second-order valence-electron chi connectivity index (χ2n) is 6.55. The molecule has 0 aromatic heterocycles. The van der Waals surface area contributed by atoms with Crippen LogP contribution in [0, 0.1) is 5.92 Å². The summed E-state index contributed by atoms with van der Waals surface area (Å²) >= 11 is 0. The van der Waals surface area contributed by atoms with Crippen LogP contribution in [-0.4, -0.2) is 23.7 Å². The maximum absolute atomic E-state index is 11.7. The van der Waals surface area contributed by atoms with Crippen molar-refractivity contribution in [3.8, 4) is 0 Å². The van der Waals surface area contributed by atoms with E-state index in [4.69, 9.17) is 4.74 Å². The van der Waals surface area contributed by atoms with Gasteiger partial charge in [0, 0.05) is 0 Å². The number of ether oxygens (including phenoxy) is 1. The molecule has 0 radical (unpaired) electrons. The summed E-state index contributed by atoms with van der Waals surface area (Å²) in [4.78, 5) is 23.1. The number of carbonyl (C=O) groups excluding carboxylic acids is 2. The molecule has 1 aliphatic rings. The summed E-state index contributed by atoms with van der Waals surface area (Å²) in [6, 6.07) is -0.956. The monoisotopic (exact) mass is 291 g/mol. The van der Waals surface area contributed by atoms with Crippen LogP contribution in [0.4, 0.5) is 4.79 Å². The van der Waals surface area contributed by atoms with Crippen LogP contribution in [0.3, 0.4) is 0 Å². The maximum Gasteiger partial charge on any atom is 1.00 e. The van der Waals surface area contributed by atoms with E-state index in [9.17, 15) is 14.7 Å². The number of hydrogen-bond donors (Lipinski definition) is 1. The van der Waals surface area contributed by atoms with Crippen LogP contribution < -0.4 is 29.3 Å². The van der Waals surface area contributed by atoms with Crippen molar-refractivity contribution in [3.05, 3.63) is 0 Å². The number of amides is 1. The molecule has 116 valence electrons. The van der Waals surface area contributed by atoms with Crippen LogP contribution in [0.2, 0.25) is 0 Å². The van der Waals surface area contributed by atoms with Gasteiger partial charge in [-0.05, 0) is 39.5 Å². The third-order valence-electron chi connectivity index (χ3n) is 3.55. The van der Waals surface area contributed by atoms with Gasteiger partial charge in [0.1, 0.15) is 5.60 Å². The first-order chi connectivity index (χ1) is 9.29. The fourth-order valence-corrected chi connectivity index (χ4v) is 2.62. The van der Waals surface area contributed by atoms with Crippen molar-refractivity contribution in [2.75, 3.05) is 0 Å². The third-order valence-corrected chi connectivity index (χ3v) is 3.55. The van der Waals surface area contributed by atoms with Gasteiger partial charge in [-0.1, -0.05) is 32.1 Å². The minimum absolute atomic E-state index is 0. The average molecular weight is 291 g/mol. The molecular weight excluding hydrogens is 265 g/mol. The van der Waals surface area contributed by atoms with Crippen LogP contribution in [-0.2, 0) is 9.53 Å². The molecule has 0 spiro atoms. The second-order valence-corrected chi connectivity index (χ2v) is 6.55. The Hall–Kier alpha value is -0.663. The molecule has 0 aliphatic heterocycles. The molecule has 1 rings (SSSR count). The molecule has 0 bridgehead atoms. The molecule has 1 N–H and O–H groups in total. The maximum atomic E-state index is 11.7. The van der Waals surface area contributed by atoms with Crippen molar-refractivity contribution in [1.82, 2.24) is 5.32 Å². The van der Waals surface area contributed by atoms with Gasteiger partial charge in [-0.2, -0.15) is 0 Å². The molecule has 21 heavy (non-hydrogen) atoms. The minimum atomic E-state index is -1.22. The summed E-state index contributed by atoms with van der Waals surface area (Å²) in [5, 5.41) is 13.8. The van der Waals surface area contributed by atoms with E-state index in [0.29, 0.717) is 0 Å². The fraction of sp³-hybridized carbons (Fsp3) is 0.867. The van der Waals surface area contributed by atoms with Gasteiger partial charge >= 0.3 is 25.0 Å².